The number of benzene rings is 2. The van der Waals surface area contributed by atoms with E-state index in [-0.39, 0.29) is 17.4 Å². The van der Waals surface area contributed by atoms with Crippen molar-refractivity contribution in [1.29, 1.82) is 0 Å². The van der Waals surface area contributed by atoms with Gasteiger partial charge < -0.3 is 4.74 Å². The molecule has 0 saturated heterocycles. The van der Waals surface area contributed by atoms with E-state index in [2.05, 4.69) is 5.10 Å². The van der Waals surface area contributed by atoms with E-state index in [1.165, 1.54) is 41.1 Å². The van der Waals surface area contributed by atoms with E-state index >= 15 is 0 Å². The number of rotatable bonds is 4. The van der Waals surface area contributed by atoms with Gasteiger partial charge in [-0.25, -0.2) is 13.5 Å². The van der Waals surface area contributed by atoms with Crippen LogP contribution in [0.3, 0.4) is 0 Å². The van der Waals surface area contributed by atoms with Crippen LogP contribution in [0.5, 0.6) is 5.88 Å². The van der Waals surface area contributed by atoms with Crippen molar-refractivity contribution < 1.29 is 18.3 Å². The minimum Gasteiger partial charge on any atom is -0.408 e. The van der Waals surface area contributed by atoms with Crippen molar-refractivity contribution in [3.05, 3.63) is 65.2 Å². The van der Waals surface area contributed by atoms with Gasteiger partial charge in [0.15, 0.2) is 0 Å². The minimum absolute atomic E-state index is 0.0275. The Balaban J connectivity index is 2.18. The van der Waals surface area contributed by atoms with Crippen molar-refractivity contribution in [1.82, 2.24) is 9.78 Å². The smallest absolute Gasteiger partial charge is 0.299 e. The van der Waals surface area contributed by atoms with E-state index in [9.17, 15) is 13.6 Å². The van der Waals surface area contributed by atoms with Gasteiger partial charge in [-0.2, -0.15) is 0 Å². The van der Waals surface area contributed by atoms with E-state index in [0.29, 0.717) is 16.9 Å². The Labute approximate surface area is 134 Å². The summed E-state index contributed by atoms with van der Waals surface area (Å²) in [7, 11) is 0. The molecule has 0 saturated carbocycles. The van der Waals surface area contributed by atoms with Crippen LogP contribution in [0.15, 0.2) is 48.5 Å². The zero-order valence-electron chi connectivity index (χ0n) is 11.5. The molecule has 0 aliphatic heterocycles. The molecule has 1 heterocycles. The molecule has 0 unspecified atom stereocenters. The Morgan fingerprint density at radius 3 is 2.65 bits per heavy atom. The van der Waals surface area contributed by atoms with E-state index in [1.54, 1.807) is 12.1 Å². The third-order valence-corrected chi connectivity index (χ3v) is 3.41. The molecular formula is C16H9ClF2N2O2. The van der Waals surface area contributed by atoms with Gasteiger partial charge in [0.2, 0.25) is 5.88 Å². The second kappa shape index (κ2) is 6.18. The topological polar surface area (TPSA) is 44.1 Å². The van der Waals surface area contributed by atoms with Crippen LogP contribution in [-0.2, 0) is 4.79 Å². The fourth-order valence-corrected chi connectivity index (χ4v) is 2.31. The number of hydrogen-bond acceptors (Lipinski definition) is 3. The quantitative estimate of drug-likeness (QED) is 0.677. The van der Waals surface area contributed by atoms with Gasteiger partial charge in [-0.15, -0.1) is 5.10 Å². The molecule has 4 nitrogen and oxygen atoms in total. The predicted octanol–water partition coefficient (Wildman–Crippen LogP) is 4.01. The van der Waals surface area contributed by atoms with Gasteiger partial charge in [0.25, 0.3) is 6.47 Å². The van der Waals surface area contributed by atoms with E-state index < -0.39 is 11.6 Å². The highest BCUT2D eigenvalue weighted by molar-refractivity contribution is 6.30. The third kappa shape index (κ3) is 3.07. The summed E-state index contributed by atoms with van der Waals surface area (Å²) >= 11 is 5.79. The van der Waals surface area contributed by atoms with Crippen LogP contribution in [0.4, 0.5) is 8.78 Å². The maximum Gasteiger partial charge on any atom is 0.299 e. The molecule has 0 spiro atoms. The first-order valence-electron chi connectivity index (χ1n) is 6.50. The first-order valence-corrected chi connectivity index (χ1v) is 6.88. The molecule has 0 amide bonds. The number of carbonyl (C=O) groups excluding carboxylic acids is 1. The Hall–Kier alpha value is -2.73. The third-order valence-electron chi connectivity index (χ3n) is 3.12. The van der Waals surface area contributed by atoms with Crippen molar-refractivity contribution in [3.63, 3.8) is 0 Å². The molecule has 2 aromatic carbocycles. The molecule has 3 aromatic rings. The normalized spacial score (nSPS) is 10.6. The van der Waals surface area contributed by atoms with Crippen molar-refractivity contribution in [3.8, 4) is 22.8 Å². The van der Waals surface area contributed by atoms with Gasteiger partial charge >= 0.3 is 0 Å². The molecular weight excluding hydrogens is 326 g/mol. The fourth-order valence-electron chi connectivity index (χ4n) is 2.13. The van der Waals surface area contributed by atoms with Crippen LogP contribution in [0, 0.1) is 11.6 Å². The summed E-state index contributed by atoms with van der Waals surface area (Å²) in [6.07, 6.45) is 0. The second-order valence-electron chi connectivity index (χ2n) is 4.60. The lowest BCUT2D eigenvalue weighted by atomic mass is 10.1. The first-order chi connectivity index (χ1) is 11.1. The molecule has 0 fully saturated rings. The SMILES string of the molecule is O=COc1cc(-c2cccc(F)c2)n(-c2ccc(F)c(Cl)c2)n1. The zero-order valence-corrected chi connectivity index (χ0v) is 12.3. The standard InChI is InChI=1S/C16H9ClF2N2O2/c17-13-7-12(4-5-14(13)19)21-15(8-16(20-21)23-9-22)10-2-1-3-11(18)6-10/h1-9H. The van der Waals surface area contributed by atoms with Crippen molar-refractivity contribution in [2.75, 3.05) is 0 Å². The number of halogens is 3. The molecule has 0 N–H and O–H groups in total. The average Bonchev–Trinajstić information content (AvgIpc) is 2.94. The Bertz CT molecular complexity index is 880. The van der Waals surface area contributed by atoms with Crippen LogP contribution in [0.25, 0.3) is 16.9 Å². The summed E-state index contributed by atoms with van der Waals surface area (Å²) in [4.78, 5) is 10.5. The summed E-state index contributed by atoms with van der Waals surface area (Å²) < 4.78 is 32.9. The summed E-state index contributed by atoms with van der Waals surface area (Å²) in [5.41, 5.74) is 1.42. The highest BCUT2D eigenvalue weighted by atomic mass is 35.5. The molecule has 0 aliphatic rings. The summed E-state index contributed by atoms with van der Waals surface area (Å²) in [5, 5.41) is 4.02. The van der Waals surface area contributed by atoms with Crippen LogP contribution in [0.2, 0.25) is 5.02 Å². The maximum atomic E-state index is 13.5. The molecule has 0 atom stereocenters. The molecule has 0 bridgehead atoms. The predicted molar refractivity (Wildman–Crippen MR) is 80.6 cm³/mol. The van der Waals surface area contributed by atoms with Gasteiger partial charge in [0, 0.05) is 11.6 Å². The van der Waals surface area contributed by atoms with Crippen LogP contribution in [-0.4, -0.2) is 16.3 Å². The van der Waals surface area contributed by atoms with E-state index in [4.69, 9.17) is 16.3 Å². The van der Waals surface area contributed by atoms with E-state index in [0.717, 1.165) is 0 Å². The van der Waals surface area contributed by atoms with Crippen molar-refractivity contribution in [2.45, 2.75) is 0 Å². The lowest BCUT2D eigenvalue weighted by Crippen LogP contribution is -2.00. The molecule has 0 aliphatic carbocycles. The number of aromatic nitrogens is 2. The van der Waals surface area contributed by atoms with Crippen LogP contribution in [0.1, 0.15) is 0 Å². The molecule has 116 valence electrons. The van der Waals surface area contributed by atoms with Crippen LogP contribution < -0.4 is 4.74 Å². The highest BCUT2D eigenvalue weighted by Crippen LogP contribution is 2.29. The number of hydrogen-bond donors (Lipinski definition) is 0. The van der Waals surface area contributed by atoms with Gasteiger partial charge in [0.05, 0.1) is 16.4 Å². The van der Waals surface area contributed by atoms with Gasteiger partial charge in [-0.3, -0.25) is 4.79 Å². The largest absolute Gasteiger partial charge is 0.408 e. The molecule has 23 heavy (non-hydrogen) atoms. The Kier molecular flexibility index (Phi) is 4.08. The molecule has 3 rings (SSSR count). The molecule has 1 aromatic heterocycles. The van der Waals surface area contributed by atoms with Gasteiger partial charge in [-0.1, -0.05) is 23.7 Å². The highest BCUT2D eigenvalue weighted by Gasteiger charge is 2.14. The molecule has 0 radical (unpaired) electrons. The molecule has 7 heteroatoms. The maximum absolute atomic E-state index is 13.5. The van der Waals surface area contributed by atoms with E-state index in [1.807, 2.05) is 0 Å². The number of nitrogens with zero attached hydrogens (tertiary/aromatic N) is 2. The van der Waals surface area contributed by atoms with Gasteiger partial charge in [-0.05, 0) is 30.3 Å². The summed E-state index contributed by atoms with van der Waals surface area (Å²) in [5.74, 6) is -0.968. The van der Waals surface area contributed by atoms with Gasteiger partial charge in [0.1, 0.15) is 11.6 Å². The lowest BCUT2D eigenvalue weighted by molar-refractivity contribution is -0.120. The Morgan fingerprint density at radius 1 is 1.13 bits per heavy atom. The monoisotopic (exact) mass is 334 g/mol. The van der Waals surface area contributed by atoms with Crippen molar-refractivity contribution in [2.24, 2.45) is 0 Å². The second-order valence-corrected chi connectivity index (χ2v) is 5.01. The zero-order chi connectivity index (χ0) is 16.4. The fraction of sp³-hybridized carbons (Fsp3) is 0. The van der Waals surface area contributed by atoms with Crippen molar-refractivity contribution >= 4 is 18.1 Å². The average molecular weight is 335 g/mol. The first kappa shape index (κ1) is 15.2. The number of carbonyl (C=O) groups is 1. The lowest BCUT2D eigenvalue weighted by Gasteiger charge is -2.08. The summed E-state index contributed by atoms with van der Waals surface area (Å²) in [6, 6.07) is 11.3. The van der Waals surface area contributed by atoms with Crippen LogP contribution >= 0.6 is 11.6 Å². The number of ether oxygens (including phenoxy) is 1. The summed E-state index contributed by atoms with van der Waals surface area (Å²) in [6.45, 7) is 0.236. The Morgan fingerprint density at radius 2 is 1.96 bits per heavy atom. The minimum atomic E-state index is -0.570.